The fraction of sp³-hybridized carbons (Fsp3) is 0.500. The topological polar surface area (TPSA) is 58.0 Å². The molecule has 0 bridgehead atoms. The number of aromatic nitrogens is 1. The molecule has 62 valence electrons. The average molecular weight is 177 g/mol. The summed E-state index contributed by atoms with van der Waals surface area (Å²) >= 11 is 0. The standard InChI is InChI=1S/C6H8N2O2.ClH/c9-6-1-5(10-8-6)4-2-7-3-4;/h1,4,7H,2-3H2,(H,8,9);1H. The Morgan fingerprint density at radius 2 is 2.27 bits per heavy atom. The summed E-state index contributed by atoms with van der Waals surface area (Å²) < 4.78 is 4.89. The van der Waals surface area contributed by atoms with Gasteiger partial charge >= 0.3 is 0 Å². The summed E-state index contributed by atoms with van der Waals surface area (Å²) in [4.78, 5) is 10.6. The molecule has 1 aliphatic rings. The third kappa shape index (κ3) is 1.46. The van der Waals surface area contributed by atoms with Crippen molar-refractivity contribution < 1.29 is 4.52 Å². The Labute approximate surface area is 69.4 Å². The van der Waals surface area contributed by atoms with E-state index in [1.165, 1.54) is 6.07 Å². The molecular formula is C6H9ClN2O2. The molecule has 0 spiro atoms. The SMILES string of the molecule is Cl.O=c1cc(C2CNC2)o[nH]1. The van der Waals surface area contributed by atoms with Crippen LogP contribution >= 0.6 is 12.4 Å². The summed E-state index contributed by atoms with van der Waals surface area (Å²) in [5.74, 6) is 1.17. The molecule has 0 aliphatic carbocycles. The highest BCUT2D eigenvalue weighted by atomic mass is 35.5. The molecule has 11 heavy (non-hydrogen) atoms. The van der Waals surface area contributed by atoms with Crippen LogP contribution in [0.1, 0.15) is 11.7 Å². The Hall–Kier alpha value is -0.740. The van der Waals surface area contributed by atoms with Gasteiger partial charge in [0.2, 0.25) is 0 Å². The summed E-state index contributed by atoms with van der Waals surface area (Å²) in [5.41, 5.74) is -0.151. The predicted molar refractivity (Wildman–Crippen MR) is 42.2 cm³/mol. The number of H-pyrrole nitrogens is 1. The molecule has 1 aromatic heterocycles. The van der Waals surface area contributed by atoms with Crippen molar-refractivity contribution in [3.05, 3.63) is 22.2 Å². The summed E-state index contributed by atoms with van der Waals surface area (Å²) in [6.07, 6.45) is 0. The normalized spacial score (nSPS) is 17.1. The van der Waals surface area contributed by atoms with Gasteiger partial charge in [-0.15, -0.1) is 12.4 Å². The number of nitrogens with one attached hydrogen (secondary N) is 2. The van der Waals surface area contributed by atoms with Crippen LogP contribution in [0.15, 0.2) is 15.4 Å². The molecule has 1 saturated heterocycles. The van der Waals surface area contributed by atoms with E-state index < -0.39 is 0 Å². The van der Waals surface area contributed by atoms with E-state index in [9.17, 15) is 4.79 Å². The van der Waals surface area contributed by atoms with E-state index >= 15 is 0 Å². The molecule has 4 nitrogen and oxygen atoms in total. The summed E-state index contributed by atoms with van der Waals surface area (Å²) in [5, 5.41) is 5.35. The maximum Gasteiger partial charge on any atom is 0.280 e. The zero-order chi connectivity index (χ0) is 6.97. The Bertz CT molecular complexity index is 276. The van der Waals surface area contributed by atoms with Crippen molar-refractivity contribution in [1.82, 2.24) is 10.5 Å². The van der Waals surface area contributed by atoms with Crippen LogP contribution in [0.4, 0.5) is 0 Å². The smallest absolute Gasteiger partial charge is 0.280 e. The Morgan fingerprint density at radius 3 is 2.64 bits per heavy atom. The van der Waals surface area contributed by atoms with Crippen molar-refractivity contribution in [1.29, 1.82) is 0 Å². The van der Waals surface area contributed by atoms with Crippen LogP contribution in [0.5, 0.6) is 0 Å². The molecular weight excluding hydrogens is 168 g/mol. The summed E-state index contributed by atoms with van der Waals surface area (Å²) in [6, 6.07) is 1.51. The van der Waals surface area contributed by atoms with Gasteiger partial charge in [0.25, 0.3) is 5.56 Å². The predicted octanol–water partition coefficient (Wildman–Crippen LogP) is 0.0765. The van der Waals surface area contributed by atoms with Crippen LogP contribution in [0.3, 0.4) is 0 Å². The van der Waals surface area contributed by atoms with E-state index in [0.717, 1.165) is 18.8 Å². The number of hydrogen-bond acceptors (Lipinski definition) is 3. The van der Waals surface area contributed by atoms with Crippen LogP contribution in [0.2, 0.25) is 0 Å². The van der Waals surface area contributed by atoms with Gasteiger partial charge in [-0.1, -0.05) is 0 Å². The number of rotatable bonds is 1. The van der Waals surface area contributed by atoms with Gasteiger partial charge in [-0.3, -0.25) is 4.79 Å². The van der Waals surface area contributed by atoms with E-state index in [1.807, 2.05) is 0 Å². The van der Waals surface area contributed by atoms with Crippen LogP contribution in [0, 0.1) is 0 Å². The minimum absolute atomic E-state index is 0. The molecule has 0 aromatic carbocycles. The molecule has 0 radical (unpaired) electrons. The first-order valence-corrected chi connectivity index (χ1v) is 3.25. The zero-order valence-corrected chi connectivity index (χ0v) is 6.61. The Kier molecular flexibility index (Phi) is 2.36. The van der Waals surface area contributed by atoms with Gasteiger partial charge in [-0.25, -0.2) is 0 Å². The first-order chi connectivity index (χ1) is 4.86. The number of halogens is 1. The molecule has 1 aliphatic heterocycles. The first-order valence-electron chi connectivity index (χ1n) is 3.25. The second-order valence-corrected chi connectivity index (χ2v) is 2.47. The monoisotopic (exact) mass is 176 g/mol. The molecule has 1 aromatic rings. The highest BCUT2D eigenvalue weighted by Crippen LogP contribution is 2.16. The highest BCUT2D eigenvalue weighted by molar-refractivity contribution is 5.85. The second-order valence-electron chi connectivity index (χ2n) is 2.47. The first kappa shape index (κ1) is 8.36. The lowest BCUT2D eigenvalue weighted by Crippen LogP contribution is -2.39. The molecule has 2 rings (SSSR count). The van der Waals surface area contributed by atoms with Crippen LogP contribution in [-0.2, 0) is 0 Å². The largest absolute Gasteiger partial charge is 0.383 e. The van der Waals surface area contributed by atoms with Gasteiger partial charge in [0, 0.05) is 25.1 Å². The van der Waals surface area contributed by atoms with Crippen molar-refractivity contribution in [2.75, 3.05) is 13.1 Å². The van der Waals surface area contributed by atoms with E-state index in [0.29, 0.717) is 5.92 Å². The number of aromatic amines is 1. The van der Waals surface area contributed by atoms with E-state index in [-0.39, 0.29) is 18.0 Å². The van der Waals surface area contributed by atoms with Crippen LogP contribution < -0.4 is 10.9 Å². The average Bonchev–Trinajstić information content (AvgIpc) is 2.10. The second kappa shape index (κ2) is 3.11. The zero-order valence-electron chi connectivity index (χ0n) is 5.79. The van der Waals surface area contributed by atoms with E-state index in [1.54, 1.807) is 0 Å². The van der Waals surface area contributed by atoms with Gasteiger partial charge < -0.3 is 9.84 Å². The fourth-order valence-electron chi connectivity index (χ4n) is 0.988. The van der Waals surface area contributed by atoms with Gasteiger partial charge in [-0.2, -0.15) is 5.16 Å². The molecule has 0 saturated carbocycles. The van der Waals surface area contributed by atoms with E-state index in [4.69, 9.17) is 4.52 Å². The molecule has 2 heterocycles. The maximum atomic E-state index is 10.6. The van der Waals surface area contributed by atoms with Crippen molar-refractivity contribution in [3.8, 4) is 0 Å². The highest BCUT2D eigenvalue weighted by Gasteiger charge is 2.22. The molecule has 2 N–H and O–H groups in total. The lowest BCUT2D eigenvalue weighted by molar-refractivity contribution is 0.313. The van der Waals surface area contributed by atoms with Crippen molar-refractivity contribution in [2.45, 2.75) is 5.92 Å². The fourth-order valence-corrected chi connectivity index (χ4v) is 0.988. The van der Waals surface area contributed by atoms with Gasteiger partial charge in [0.05, 0.1) is 0 Å². The van der Waals surface area contributed by atoms with Gasteiger partial charge in [-0.05, 0) is 0 Å². The third-order valence-corrected chi connectivity index (χ3v) is 1.73. The molecule has 0 atom stereocenters. The van der Waals surface area contributed by atoms with Gasteiger partial charge in [0.1, 0.15) is 5.76 Å². The van der Waals surface area contributed by atoms with Crippen molar-refractivity contribution in [3.63, 3.8) is 0 Å². The summed E-state index contributed by atoms with van der Waals surface area (Å²) in [7, 11) is 0. The molecule has 1 fully saturated rings. The van der Waals surface area contributed by atoms with Crippen LogP contribution in [-0.4, -0.2) is 18.2 Å². The summed E-state index contributed by atoms with van der Waals surface area (Å²) in [6.45, 7) is 1.83. The molecule has 0 amide bonds. The third-order valence-electron chi connectivity index (χ3n) is 1.73. The molecule has 5 heteroatoms. The Morgan fingerprint density at radius 1 is 1.55 bits per heavy atom. The lowest BCUT2D eigenvalue weighted by Gasteiger charge is -2.23. The minimum atomic E-state index is -0.151. The Balaban J connectivity index is 0.000000605. The number of hydrogen-bond donors (Lipinski definition) is 2. The van der Waals surface area contributed by atoms with Crippen molar-refractivity contribution in [2.24, 2.45) is 0 Å². The van der Waals surface area contributed by atoms with Gasteiger partial charge in [0.15, 0.2) is 0 Å². The van der Waals surface area contributed by atoms with Crippen LogP contribution in [0.25, 0.3) is 0 Å². The quantitative estimate of drug-likeness (QED) is 0.637. The van der Waals surface area contributed by atoms with E-state index in [2.05, 4.69) is 10.5 Å². The lowest BCUT2D eigenvalue weighted by atomic mass is 10.0. The molecule has 0 unspecified atom stereocenters. The maximum absolute atomic E-state index is 10.6. The minimum Gasteiger partial charge on any atom is -0.383 e. The van der Waals surface area contributed by atoms with Crippen molar-refractivity contribution >= 4 is 12.4 Å².